The van der Waals surface area contributed by atoms with Crippen molar-refractivity contribution in [2.75, 3.05) is 38.4 Å². The molecule has 0 atom stereocenters. The Morgan fingerprint density at radius 3 is 2.26 bits per heavy atom. The summed E-state index contributed by atoms with van der Waals surface area (Å²) in [6, 6.07) is 13.0. The number of nitrogens with two attached hydrogens (primary N) is 1. The van der Waals surface area contributed by atoms with Crippen molar-refractivity contribution < 1.29 is 27.8 Å². The number of nitrogens with zero attached hydrogens (tertiary/aromatic N) is 4. The molecule has 226 valence electrons. The van der Waals surface area contributed by atoms with Crippen molar-refractivity contribution in [2.45, 2.75) is 26.6 Å². The molecule has 0 unspecified atom stereocenters. The highest BCUT2D eigenvalue weighted by Gasteiger charge is 2.32. The van der Waals surface area contributed by atoms with Gasteiger partial charge in [0.15, 0.2) is 0 Å². The molecule has 0 radical (unpaired) electrons. The van der Waals surface area contributed by atoms with Crippen molar-refractivity contribution in [1.29, 1.82) is 0 Å². The highest BCUT2D eigenvalue weighted by atomic mass is 32.1. The molecule has 3 N–H and O–H groups in total. The van der Waals surface area contributed by atoms with Gasteiger partial charge < -0.3 is 25.4 Å². The number of benzene rings is 2. The average Bonchev–Trinajstić information content (AvgIpc) is 3.34. The summed E-state index contributed by atoms with van der Waals surface area (Å²) in [6.45, 7) is 1.51. The number of anilines is 2. The smallest absolute Gasteiger partial charge is 0.341 e. The van der Waals surface area contributed by atoms with E-state index in [2.05, 4.69) is 15.5 Å². The van der Waals surface area contributed by atoms with E-state index < -0.39 is 30.2 Å². The lowest BCUT2D eigenvalue weighted by molar-refractivity contribution is 0.0526. The highest BCUT2D eigenvalue weighted by molar-refractivity contribution is 7.20. The second-order valence-corrected chi connectivity index (χ2v) is 10.7. The maximum atomic E-state index is 14.9. The predicted octanol–water partition coefficient (Wildman–Crippen LogP) is 5.23. The van der Waals surface area contributed by atoms with E-state index >= 15 is 0 Å². The lowest BCUT2D eigenvalue weighted by Gasteiger charge is -2.24. The third-order valence-electron chi connectivity index (χ3n) is 6.31. The lowest BCUT2D eigenvalue weighted by atomic mass is 10.0. The van der Waals surface area contributed by atoms with Gasteiger partial charge in [-0.05, 0) is 56.9 Å². The second-order valence-electron chi connectivity index (χ2n) is 9.68. The quantitative estimate of drug-likeness (QED) is 0.175. The molecule has 4 rings (SSSR count). The van der Waals surface area contributed by atoms with Crippen LogP contribution in [0.5, 0.6) is 5.88 Å². The molecule has 13 heteroatoms. The van der Waals surface area contributed by atoms with E-state index in [9.17, 15) is 18.4 Å². The van der Waals surface area contributed by atoms with Crippen LogP contribution >= 0.6 is 11.3 Å². The molecule has 0 aliphatic rings. The Balaban J connectivity index is 1.87. The maximum Gasteiger partial charge on any atom is 0.341 e. The number of hydrogen-bond donors (Lipinski definition) is 2. The number of aromatic nitrogens is 2. The minimum absolute atomic E-state index is 0.0540. The summed E-state index contributed by atoms with van der Waals surface area (Å²) in [4.78, 5) is 31.1. The van der Waals surface area contributed by atoms with Crippen LogP contribution in [0, 0.1) is 11.6 Å². The number of thiophene rings is 1. The SMILES string of the molecule is CCOC(=O)c1c(N(Cc2c(F)cccc2F)C(=O)NCc2ccc(OC)nn2)sc(-c2ccc(N)cc2)c1CN(C)C. The summed E-state index contributed by atoms with van der Waals surface area (Å²) in [5.74, 6) is -2.03. The van der Waals surface area contributed by atoms with Crippen molar-refractivity contribution in [3.63, 3.8) is 0 Å². The van der Waals surface area contributed by atoms with E-state index in [1.807, 2.05) is 31.1 Å². The third kappa shape index (κ3) is 7.43. The number of ether oxygens (including phenoxy) is 2. The molecule has 2 aromatic heterocycles. The van der Waals surface area contributed by atoms with Crippen molar-refractivity contribution >= 4 is 34.0 Å². The second kappa shape index (κ2) is 14.0. The van der Waals surface area contributed by atoms with Crippen LogP contribution in [0.15, 0.2) is 54.6 Å². The zero-order valence-corrected chi connectivity index (χ0v) is 25.0. The zero-order valence-electron chi connectivity index (χ0n) is 24.2. The minimum Gasteiger partial charge on any atom is -0.480 e. The molecule has 0 spiro atoms. The number of amides is 2. The van der Waals surface area contributed by atoms with Crippen LogP contribution in [0.3, 0.4) is 0 Å². The van der Waals surface area contributed by atoms with Gasteiger partial charge in [0, 0.05) is 34.3 Å². The van der Waals surface area contributed by atoms with Crippen LogP contribution in [0.4, 0.5) is 24.3 Å². The summed E-state index contributed by atoms with van der Waals surface area (Å²) < 4.78 is 40.3. The fraction of sp³-hybridized carbons (Fsp3) is 0.267. The predicted molar refractivity (Wildman–Crippen MR) is 161 cm³/mol. The number of carbonyl (C=O) groups excluding carboxylic acids is 2. The van der Waals surface area contributed by atoms with Crippen LogP contribution in [0.1, 0.15) is 34.1 Å². The van der Waals surface area contributed by atoms with E-state index in [0.717, 1.165) is 33.9 Å². The zero-order chi connectivity index (χ0) is 31.1. The Labute approximate surface area is 252 Å². The Morgan fingerprint density at radius 2 is 1.67 bits per heavy atom. The van der Waals surface area contributed by atoms with E-state index in [0.29, 0.717) is 34.2 Å². The molecule has 2 heterocycles. The summed E-state index contributed by atoms with van der Waals surface area (Å²) in [5.41, 5.74) is 8.02. The maximum absolute atomic E-state index is 14.9. The van der Waals surface area contributed by atoms with Gasteiger partial charge in [-0.25, -0.2) is 18.4 Å². The molecule has 2 aromatic carbocycles. The molecule has 2 amide bonds. The van der Waals surface area contributed by atoms with Gasteiger partial charge in [0.25, 0.3) is 0 Å². The molecule has 0 bridgehead atoms. The van der Waals surface area contributed by atoms with Gasteiger partial charge in [-0.1, -0.05) is 18.2 Å². The van der Waals surface area contributed by atoms with Crippen molar-refractivity contribution in [2.24, 2.45) is 0 Å². The number of urea groups is 1. The Morgan fingerprint density at radius 1 is 0.977 bits per heavy atom. The first-order chi connectivity index (χ1) is 20.6. The first kappa shape index (κ1) is 31.3. The monoisotopic (exact) mass is 610 g/mol. The van der Waals surface area contributed by atoms with Gasteiger partial charge in [0.2, 0.25) is 5.88 Å². The Bertz CT molecular complexity index is 1560. The number of nitrogen functional groups attached to an aromatic ring is 1. The number of hydrogen-bond acceptors (Lipinski definition) is 9. The number of esters is 1. The standard InChI is InChI=1S/C30H32F2N6O4S/c1-5-42-29(39)26-22(16-37(2)3)27(18-9-11-19(33)12-10-18)43-28(26)38(17-21-23(31)7-6-8-24(21)32)30(40)34-15-20-13-14-25(41-4)36-35-20/h6-14H,5,15-17,33H2,1-4H3,(H,34,40). The van der Waals surface area contributed by atoms with Gasteiger partial charge >= 0.3 is 12.0 Å². The largest absolute Gasteiger partial charge is 0.480 e. The molecule has 0 aliphatic carbocycles. The van der Waals surface area contributed by atoms with Crippen LogP contribution in [-0.2, 0) is 24.4 Å². The number of carbonyl (C=O) groups is 2. The summed E-state index contributed by atoms with van der Waals surface area (Å²) in [5, 5.41) is 10.8. The van der Waals surface area contributed by atoms with Crippen LogP contribution in [0.2, 0.25) is 0 Å². The number of methoxy groups -OCH3 is 1. The molecule has 0 fully saturated rings. The number of nitrogens with one attached hydrogen (secondary N) is 1. The summed E-state index contributed by atoms with van der Waals surface area (Å²) in [6.07, 6.45) is 0. The topological polar surface area (TPSA) is 123 Å². The van der Waals surface area contributed by atoms with Crippen molar-refractivity contribution in [3.05, 3.63) is 88.6 Å². The molecule has 4 aromatic rings. The Kier molecular flexibility index (Phi) is 10.2. The van der Waals surface area contributed by atoms with Gasteiger partial charge in [-0.15, -0.1) is 16.4 Å². The molecular formula is C30H32F2N6O4S. The van der Waals surface area contributed by atoms with E-state index in [1.165, 1.54) is 13.2 Å². The van der Waals surface area contributed by atoms with Crippen LogP contribution in [-0.4, -0.2) is 54.9 Å². The molecule has 0 saturated heterocycles. The van der Waals surface area contributed by atoms with Gasteiger partial charge in [0.1, 0.15) is 16.6 Å². The van der Waals surface area contributed by atoms with Gasteiger partial charge in [-0.3, -0.25) is 4.90 Å². The average molecular weight is 611 g/mol. The molecule has 43 heavy (non-hydrogen) atoms. The first-order valence-electron chi connectivity index (χ1n) is 13.3. The van der Waals surface area contributed by atoms with E-state index in [-0.39, 0.29) is 29.3 Å². The molecule has 10 nitrogen and oxygen atoms in total. The first-order valence-corrected chi connectivity index (χ1v) is 14.1. The van der Waals surface area contributed by atoms with E-state index in [4.69, 9.17) is 15.2 Å². The van der Waals surface area contributed by atoms with Crippen LogP contribution < -0.4 is 20.7 Å². The number of halogens is 2. The lowest BCUT2D eigenvalue weighted by Crippen LogP contribution is -2.40. The normalized spacial score (nSPS) is 11.0. The van der Waals surface area contributed by atoms with Gasteiger partial charge in [0.05, 0.1) is 38.1 Å². The van der Waals surface area contributed by atoms with Gasteiger partial charge in [-0.2, -0.15) is 5.10 Å². The van der Waals surface area contributed by atoms with Crippen LogP contribution in [0.25, 0.3) is 10.4 Å². The molecule has 0 saturated carbocycles. The number of rotatable bonds is 11. The summed E-state index contributed by atoms with van der Waals surface area (Å²) >= 11 is 1.14. The van der Waals surface area contributed by atoms with Crippen molar-refractivity contribution in [3.8, 4) is 16.3 Å². The fourth-order valence-electron chi connectivity index (χ4n) is 4.28. The van der Waals surface area contributed by atoms with E-state index in [1.54, 1.807) is 31.2 Å². The Hall–Kier alpha value is -4.62. The summed E-state index contributed by atoms with van der Waals surface area (Å²) in [7, 11) is 5.14. The highest BCUT2D eigenvalue weighted by Crippen LogP contribution is 2.44. The third-order valence-corrected chi connectivity index (χ3v) is 7.61. The minimum atomic E-state index is -0.833. The molecule has 0 aliphatic heterocycles. The van der Waals surface area contributed by atoms with Crippen molar-refractivity contribution in [1.82, 2.24) is 20.4 Å². The fourth-order valence-corrected chi connectivity index (χ4v) is 5.58. The molecular weight excluding hydrogens is 578 g/mol.